The van der Waals surface area contributed by atoms with E-state index in [1.165, 1.54) is 13.8 Å². The minimum absolute atomic E-state index is 0.155. The van der Waals surface area contributed by atoms with E-state index >= 15 is 0 Å². The van der Waals surface area contributed by atoms with Crippen molar-refractivity contribution in [1.29, 1.82) is 0 Å². The van der Waals surface area contributed by atoms with E-state index < -0.39 is 23.8 Å². The van der Waals surface area contributed by atoms with Gasteiger partial charge in [0.25, 0.3) is 0 Å². The Morgan fingerprint density at radius 3 is 2.38 bits per heavy atom. The average molecular weight is 436 g/mol. The van der Waals surface area contributed by atoms with E-state index in [4.69, 9.17) is 0 Å². The van der Waals surface area contributed by atoms with Crippen LogP contribution in [0.25, 0.3) is 0 Å². The monoisotopic (exact) mass is 435 g/mol. The molecule has 2 heterocycles. The molecule has 6 nitrogen and oxygen atoms in total. The predicted octanol–water partition coefficient (Wildman–Crippen LogP) is 3.94. The van der Waals surface area contributed by atoms with Crippen LogP contribution < -0.4 is 5.32 Å². The Morgan fingerprint density at radius 2 is 1.92 bits per heavy atom. The van der Waals surface area contributed by atoms with Crippen LogP contribution in [0.2, 0.25) is 0 Å². The molecule has 0 aliphatic heterocycles. The van der Waals surface area contributed by atoms with Gasteiger partial charge in [0, 0.05) is 17.8 Å². The first-order valence-corrected chi connectivity index (χ1v) is 8.92. The number of halogens is 4. The Balaban J connectivity index is 2.21. The second kappa shape index (κ2) is 7.42. The van der Waals surface area contributed by atoms with Crippen molar-refractivity contribution < 1.29 is 18.0 Å². The number of nitrogens with one attached hydrogen (secondary N) is 1. The van der Waals surface area contributed by atoms with Gasteiger partial charge in [-0.1, -0.05) is 0 Å². The lowest BCUT2D eigenvalue weighted by Gasteiger charge is -2.19. The molecule has 144 valence electrons. The molecule has 1 amide bonds. The van der Waals surface area contributed by atoms with Gasteiger partial charge in [0.15, 0.2) is 5.69 Å². The largest absolute Gasteiger partial charge is 0.436 e. The maximum absolute atomic E-state index is 13.0. The van der Waals surface area contributed by atoms with Crippen LogP contribution in [0, 0.1) is 13.8 Å². The second-order valence-corrected chi connectivity index (χ2v) is 6.89. The summed E-state index contributed by atoms with van der Waals surface area (Å²) in [5, 5.41) is 10.6. The summed E-state index contributed by atoms with van der Waals surface area (Å²) in [7, 11) is 0. The molecular weight excluding hydrogens is 415 g/mol. The number of amides is 1. The number of carbonyl (C=O) groups excluding carboxylic acids is 1. The molecule has 0 aromatic carbocycles. The molecule has 0 spiro atoms. The van der Waals surface area contributed by atoms with Crippen LogP contribution in [0.3, 0.4) is 0 Å². The van der Waals surface area contributed by atoms with Crippen molar-refractivity contribution in [3.63, 3.8) is 0 Å². The van der Waals surface area contributed by atoms with E-state index in [9.17, 15) is 18.0 Å². The standard InChI is InChI=1S/C16H21BrF3N5O/c1-6-24-9(3)12(7-21-24)8(2)22-15(26)11(5)25-10(4)13(17)14(23-25)16(18,19)20/h7-8,11H,6H2,1-5H3,(H,22,26). The summed E-state index contributed by atoms with van der Waals surface area (Å²) in [6, 6.07) is -1.22. The third kappa shape index (κ3) is 3.79. The number of aromatic nitrogens is 4. The Bertz CT molecular complexity index is 812. The van der Waals surface area contributed by atoms with Crippen LogP contribution in [0.1, 0.15) is 55.5 Å². The predicted molar refractivity (Wildman–Crippen MR) is 93.6 cm³/mol. The molecule has 10 heteroatoms. The molecule has 0 saturated carbocycles. The topological polar surface area (TPSA) is 64.7 Å². The number of nitrogens with zero attached hydrogens (tertiary/aromatic N) is 4. The van der Waals surface area contributed by atoms with Crippen molar-refractivity contribution >= 4 is 21.8 Å². The highest BCUT2D eigenvalue weighted by molar-refractivity contribution is 9.10. The Morgan fingerprint density at radius 1 is 1.31 bits per heavy atom. The molecule has 0 radical (unpaired) electrons. The second-order valence-electron chi connectivity index (χ2n) is 6.10. The molecule has 2 rings (SSSR count). The van der Waals surface area contributed by atoms with Gasteiger partial charge in [-0.3, -0.25) is 14.2 Å². The Hall–Kier alpha value is -1.84. The highest BCUT2D eigenvalue weighted by Gasteiger charge is 2.39. The molecule has 0 aliphatic carbocycles. The number of hydrogen-bond donors (Lipinski definition) is 1. The van der Waals surface area contributed by atoms with E-state index in [2.05, 4.69) is 31.4 Å². The van der Waals surface area contributed by atoms with Crippen molar-refractivity contribution in [3.8, 4) is 0 Å². The van der Waals surface area contributed by atoms with Crippen molar-refractivity contribution in [3.05, 3.63) is 33.3 Å². The quantitative estimate of drug-likeness (QED) is 0.773. The average Bonchev–Trinajstić information content (AvgIpc) is 3.07. The number of carbonyl (C=O) groups is 1. The third-order valence-electron chi connectivity index (χ3n) is 4.36. The zero-order valence-corrected chi connectivity index (χ0v) is 16.7. The molecule has 2 atom stereocenters. The summed E-state index contributed by atoms with van der Waals surface area (Å²) >= 11 is 2.92. The van der Waals surface area contributed by atoms with Crippen molar-refractivity contribution in [2.75, 3.05) is 0 Å². The highest BCUT2D eigenvalue weighted by atomic mass is 79.9. The zero-order valence-electron chi connectivity index (χ0n) is 15.1. The van der Waals surface area contributed by atoms with Crippen LogP contribution in [-0.4, -0.2) is 25.5 Å². The van der Waals surface area contributed by atoms with E-state index in [1.54, 1.807) is 6.20 Å². The van der Waals surface area contributed by atoms with Crippen LogP contribution in [-0.2, 0) is 17.5 Å². The first-order valence-electron chi connectivity index (χ1n) is 8.13. The molecule has 2 aromatic heterocycles. The fourth-order valence-corrected chi connectivity index (χ4v) is 3.27. The maximum Gasteiger partial charge on any atom is 0.436 e. The number of aryl methyl sites for hydroxylation is 1. The van der Waals surface area contributed by atoms with Crippen LogP contribution in [0.15, 0.2) is 10.7 Å². The highest BCUT2D eigenvalue weighted by Crippen LogP contribution is 2.36. The van der Waals surface area contributed by atoms with Gasteiger partial charge in [-0.05, 0) is 50.5 Å². The summed E-state index contributed by atoms with van der Waals surface area (Å²) in [4.78, 5) is 12.5. The first-order chi connectivity index (χ1) is 12.0. The minimum atomic E-state index is -4.59. The van der Waals surface area contributed by atoms with Gasteiger partial charge in [0.2, 0.25) is 5.91 Å². The summed E-state index contributed by atoms with van der Waals surface area (Å²) in [5.74, 6) is -0.423. The number of hydrogen-bond acceptors (Lipinski definition) is 3. The molecule has 1 N–H and O–H groups in total. The maximum atomic E-state index is 13.0. The summed E-state index contributed by atoms with van der Waals surface area (Å²) < 4.78 is 41.7. The van der Waals surface area contributed by atoms with Gasteiger partial charge in [-0.25, -0.2) is 0 Å². The molecule has 0 fully saturated rings. The van der Waals surface area contributed by atoms with Gasteiger partial charge in [-0.15, -0.1) is 0 Å². The van der Waals surface area contributed by atoms with Crippen molar-refractivity contribution in [1.82, 2.24) is 24.9 Å². The van der Waals surface area contributed by atoms with E-state index in [-0.39, 0.29) is 16.2 Å². The molecule has 0 saturated heterocycles. The van der Waals surface area contributed by atoms with E-state index in [1.807, 2.05) is 25.5 Å². The van der Waals surface area contributed by atoms with Gasteiger partial charge in [-0.2, -0.15) is 23.4 Å². The zero-order chi connectivity index (χ0) is 19.8. The fraction of sp³-hybridized carbons (Fsp3) is 0.562. The SMILES string of the molecule is CCn1ncc(C(C)NC(=O)C(C)n2nc(C(F)(F)F)c(Br)c2C)c1C. The number of alkyl halides is 3. The normalized spacial score (nSPS) is 14.3. The molecule has 0 bridgehead atoms. The Kier molecular flexibility index (Phi) is 5.84. The van der Waals surface area contributed by atoms with E-state index in [0.717, 1.165) is 15.9 Å². The summed E-state index contributed by atoms with van der Waals surface area (Å²) in [5.41, 5.74) is 0.998. The molecular formula is C16H21BrF3N5O. The third-order valence-corrected chi connectivity index (χ3v) is 5.31. The number of rotatable bonds is 5. The minimum Gasteiger partial charge on any atom is -0.348 e. The Labute approximate surface area is 157 Å². The van der Waals surface area contributed by atoms with Gasteiger partial charge in [0.1, 0.15) is 6.04 Å². The van der Waals surface area contributed by atoms with Crippen LogP contribution in [0.5, 0.6) is 0 Å². The first kappa shape index (κ1) is 20.5. The van der Waals surface area contributed by atoms with Crippen molar-refractivity contribution in [2.24, 2.45) is 0 Å². The molecule has 0 aliphatic rings. The van der Waals surface area contributed by atoms with Crippen LogP contribution >= 0.6 is 15.9 Å². The van der Waals surface area contributed by atoms with Gasteiger partial charge < -0.3 is 5.32 Å². The molecule has 26 heavy (non-hydrogen) atoms. The smallest absolute Gasteiger partial charge is 0.348 e. The van der Waals surface area contributed by atoms with Crippen LogP contribution in [0.4, 0.5) is 13.2 Å². The molecule has 2 aromatic rings. The molecule has 2 unspecified atom stereocenters. The van der Waals surface area contributed by atoms with Crippen molar-refractivity contribution in [2.45, 2.75) is 59.4 Å². The van der Waals surface area contributed by atoms with Gasteiger partial charge in [0.05, 0.1) is 22.4 Å². The van der Waals surface area contributed by atoms with Gasteiger partial charge >= 0.3 is 6.18 Å². The fourth-order valence-electron chi connectivity index (χ4n) is 2.78. The lowest BCUT2D eigenvalue weighted by molar-refractivity contribution is -0.142. The lowest BCUT2D eigenvalue weighted by atomic mass is 10.1. The van der Waals surface area contributed by atoms with E-state index in [0.29, 0.717) is 6.54 Å². The summed E-state index contributed by atoms with van der Waals surface area (Å²) in [6.45, 7) is 9.38. The lowest BCUT2D eigenvalue weighted by Crippen LogP contribution is -2.34. The summed E-state index contributed by atoms with van der Waals surface area (Å²) in [6.07, 6.45) is -2.91.